The van der Waals surface area contributed by atoms with Crippen LogP contribution in [0.5, 0.6) is 11.5 Å². The van der Waals surface area contributed by atoms with Crippen LogP contribution in [0.4, 0.5) is 18.9 Å². The summed E-state index contributed by atoms with van der Waals surface area (Å²) in [5.74, 6) is 0.00584. The summed E-state index contributed by atoms with van der Waals surface area (Å²) < 4.78 is 48.5. The van der Waals surface area contributed by atoms with Crippen molar-refractivity contribution in [1.82, 2.24) is 9.78 Å². The highest BCUT2D eigenvalue weighted by molar-refractivity contribution is 6.32. The van der Waals surface area contributed by atoms with E-state index in [-0.39, 0.29) is 16.5 Å². The van der Waals surface area contributed by atoms with E-state index >= 15 is 0 Å². The molecule has 0 radical (unpaired) electrons. The third-order valence-electron chi connectivity index (χ3n) is 2.98. The van der Waals surface area contributed by atoms with Crippen LogP contribution in [0.1, 0.15) is 5.69 Å². The fourth-order valence-corrected chi connectivity index (χ4v) is 2.13. The van der Waals surface area contributed by atoms with E-state index in [1.165, 1.54) is 26.4 Å². The first kappa shape index (κ1) is 17.9. The van der Waals surface area contributed by atoms with Crippen molar-refractivity contribution in [3.05, 3.63) is 35.1 Å². The summed E-state index contributed by atoms with van der Waals surface area (Å²) >= 11 is 5.95. The minimum Gasteiger partial charge on any atom is -0.495 e. The molecule has 0 bridgehead atoms. The number of hydrogen-bond donors (Lipinski definition) is 1. The second-order valence-electron chi connectivity index (χ2n) is 4.63. The van der Waals surface area contributed by atoms with Gasteiger partial charge < -0.3 is 14.8 Å². The van der Waals surface area contributed by atoms with Crippen molar-refractivity contribution >= 4 is 23.2 Å². The minimum absolute atomic E-state index is 0.270. The molecule has 0 saturated carbocycles. The largest absolute Gasteiger partial charge is 0.495 e. The Morgan fingerprint density at radius 2 is 1.96 bits per heavy atom. The molecule has 24 heavy (non-hydrogen) atoms. The van der Waals surface area contributed by atoms with Gasteiger partial charge in [0.2, 0.25) is 5.91 Å². The Labute approximate surface area is 140 Å². The monoisotopic (exact) mass is 363 g/mol. The summed E-state index contributed by atoms with van der Waals surface area (Å²) in [6.45, 7) is -0.399. The Bertz CT molecular complexity index is 747. The summed E-state index contributed by atoms with van der Waals surface area (Å²) in [5.41, 5.74) is -0.798. The van der Waals surface area contributed by atoms with Gasteiger partial charge in [0.15, 0.2) is 5.69 Å². The maximum atomic E-state index is 12.5. The molecule has 0 atom stereocenters. The number of benzene rings is 1. The van der Waals surface area contributed by atoms with E-state index in [4.69, 9.17) is 21.1 Å². The third kappa shape index (κ3) is 4.10. The molecule has 1 aromatic carbocycles. The Hall–Kier alpha value is -2.42. The number of nitrogens with one attached hydrogen (secondary N) is 1. The highest BCUT2D eigenvalue weighted by atomic mass is 35.5. The molecule has 0 aliphatic heterocycles. The summed E-state index contributed by atoms with van der Waals surface area (Å²) in [5, 5.41) is 6.11. The van der Waals surface area contributed by atoms with Crippen LogP contribution >= 0.6 is 11.6 Å². The highest BCUT2D eigenvalue weighted by Crippen LogP contribution is 2.35. The average molecular weight is 364 g/mol. The summed E-state index contributed by atoms with van der Waals surface area (Å²) in [6.07, 6.45) is -3.49. The van der Waals surface area contributed by atoms with E-state index in [2.05, 4.69) is 10.4 Å². The van der Waals surface area contributed by atoms with Crippen molar-refractivity contribution in [2.75, 3.05) is 19.5 Å². The van der Waals surface area contributed by atoms with E-state index in [9.17, 15) is 18.0 Å². The van der Waals surface area contributed by atoms with Crippen molar-refractivity contribution in [2.45, 2.75) is 12.7 Å². The predicted molar refractivity (Wildman–Crippen MR) is 80.4 cm³/mol. The average Bonchev–Trinajstić information content (AvgIpc) is 2.97. The molecule has 1 aromatic heterocycles. The Morgan fingerprint density at radius 3 is 2.50 bits per heavy atom. The van der Waals surface area contributed by atoms with Crippen molar-refractivity contribution in [3.8, 4) is 11.5 Å². The van der Waals surface area contributed by atoms with Gasteiger partial charge in [0.1, 0.15) is 18.0 Å². The zero-order chi connectivity index (χ0) is 17.9. The lowest BCUT2D eigenvalue weighted by atomic mass is 10.2. The predicted octanol–water partition coefficient (Wildman–Crippen LogP) is 3.21. The van der Waals surface area contributed by atoms with Crippen LogP contribution in [0, 0.1) is 0 Å². The molecule has 1 N–H and O–H groups in total. The molecule has 2 rings (SSSR count). The van der Waals surface area contributed by atoms with Gasteiger partial charge in [-0.05, 0) is 6.07 Å². The third-order valence-corrected chi connectivity index (χ3v) is 3.28. The fourth-order valence-electron chi connectivity index (χ4n) is 1.90. The van der Waals surface area contributed by atoms with Crippen molar-refractivity contribution in [2.24, 2.45) is 0 Å². The molecular weight excluding hydrogens is 351 g/mol. The Morgan fingerprint density at radius 1 is 1.29 bits per heavy atom. The number of hydrogen-bond acceptors (Lipinski definition) is 4. The van der Waals surface area contributed by atoms with E-state index in [0.717, 1.165) is 16.9 Å². The number of aromatic nitrogens is 2. The molecule has 10 heteroatoms. The van der Waals surface area contributed by atoms with Gasteiger partial charge in [0, 0.05) is 18.3 Å². The smallest absolute Gasteiger partial charge is 0.435 e. The fraction of sp³-hybridized carbons (Fsp3) is 0.286. The van der Waals surface area contributed by atoms with Gasteiger partial charge in [-0.2, -0.15) is 18.3 Å². The van der Waals surface area contributed by atoms with Gasteiger partial charge in [-0.15, -0.1) is 0 Å². The number of amides is 1. The first-order chi connectivity index (χ1) is 11.2. The van der Waals surface area contributed by atoms with Gasteiger partial charge in [-0.1, -0.05) is 11.6 Å². The molecule has 0 fully saturated rings. The Kier molecular flexibility index (Phi) is 5.23. The maximum absolute atomic E-state index is 12.5. The minimum atomic E-state index is -4.56. The van der Waals surface area contributed by atoms with E-state index in [1.54, 1.807) is 0 Å². The number of carbonyl (C=O) groups excluding carboxylic acids is 1. The summed E-state index contributed by atoms with van der Waals surface area (Å²) in [7, 11) is 2.79. The number of halogens is 4. The highest BCUT2D eigenvalue weighted by Gasteiger charge is 2.33. The molecule has 6 nitrogen and oxygen atoms in total. The summed E-state index contributed by atoms with van der Waals surface area (Å²) in [6, 6.07) is 3.69. The van der Waals surface area contributed by atoms with E-state index in [0.29, 0.717) is 5.75 Å². The van der Waals surface area contributed by atoms with Gasteiger partial charge >= 0.3 is 6.18 Å². The van der Waals surface area contributed by atoms with Crippen molar-refractivity contribution < 1.29 is 27.4 Å². The molecule has 0 saturated heterocycles. The molecular formula is C14H13ClF3N3O3. The zero-order valence-corrected chi connectivity index (χ0v) is 13.4. The lowest BCUT2D eigenvalue weighted by Gasteiger charge is -2.13. The van der Waals surface area contributed by atoms with Crippen LogP contribution in [-0.4, -0.2) is 29.9 Å². The standard InChI is InChI=1S/C14H13ClF3N3O3/c1-23-10-6-9(11(24-2)5-8(10)15)19-13(22)7-21-4-3-12(20-21)14(16,17)18/h3-6H,7H2,1-2H3,(H,19,22). The van der Waals surface area contributed by atoms with Crippen molar-refractivity contribution in [3.63, 3.8) is 0 Å². The second kappa shape index (κ2) is 7.00. The molecule has 1 heterocycles. The first-order valence-corrected chi connectivity index (χ1v) is 6.94. The van der Waals surface area contributed by atoms with Crippen LogP contribution in [0.2, 0.25) is 5.02 Å². The SMILES string of the molecule is COc1cc(NC(=O)Cn2ccc(C(F)(F)F)n2)c(OC)cc1Cl. The summed E-state index contributed by atoms with van der Waals surface area (Å²) in [4.78, 5) is 12.0. The first-order valence-electron chi connectivity index (χ1n) is 6.56. The normalized spacial score (nSPS) is 11.2. The van der Waals surface area contributed by atoms with Crippen LogP contribution < -0.4 is 14.8 Å². The molecule has 2 aromatic rings. The maximum Gasteiger partial charge on any atom is 0.435 e. The lowest BCUT2D eigenvalue weighted by Crippen LogP contribution is -2.20. The molecule has 0 spiro atoms. The van der Waals surface area contributed by atoms with Crippen LogP contribution in [-0.2, 0) is 17.5 Å². The molecule has 0 aliphatic rings. The molecule has 0 aliphatic carbocycles. The number of carbonyl (C=O) groups is 1. The van der Waals surface area contributed by atoms with Gasteiger partial charge in [0.05, 0.1) is 24.9 Å². The van der Waals surface area contributed by atoms with Gasteiger partial charge in [0.25, 0.3) is 0 Å². The topological polar surface area (TPSA) is 65.4 Å². The van der Waals surface area contributed by atoms with Crippen LogP contribution in [0.3, 0.4) is 0 Å². The van der Waals surface area contributed by atoms with Crippen LogP contribution in [0.25, 0.3) is 0 Å². The zero-order valence-electron chi connectivity index (χ0n) is 12.6. The van der Waals surface area contributed by atoms with Crippen molar-refractivity contribution in [1.29, 1.82) is 0 Å². The number of nitrogens with zero attached hydrogens (tertiary/aromatic N) is 2. The number of rotatable bonds is 5. The number of methoxy groups -OCH3 is 2. The number of alkyl halides is 3. The lowest BCUT2D eigenvalue weighted by molar-refractivity contribution is -0.141. The van der Waals surface area contributed by atoms with E-state index in [1.807, 2.05) is 0 Å². The van der Waals surface area contributed by atoms with Crippen LogP contribution in [0.15, 0.2) is 24.4 Å². The molecule has 1 amide bonds. The number of ether oxygens (including phenoxy) is 2. The molecule has 0 unspecified atom stereocenters. The van der Waals surface area contributed by atoms with E-state index < -0.39 is 24.3 Å². The molecule has 130 valence electrons. The van der Waals surface area contributed by atoms with Gasteiger partial charge in [-0.3, -0.25) is 9.48 Å². The van der Waals surface area contributed by atoms with Gasteiger partial charge in [-0.25, -0.2) is 0 Å². The Balaban J connectivity index is 2.13. The number of anilines is 1. The quantitative estimate of drug-likeness (QED) is 0.886. The second-order valence-corrected chi connectivity index (χ2v) is 5.04.